The lowest BCUT2D eigenvalue weighted by atomic mass is 9.94. The maximum absolute atomic E-state index is 14.7. The van der Waals surface area contributed by atoms with Gasteiger partial charge >= 0.3 is 65.7 Å². The zero-order valence-corrected chi connectivity index (χ0v) is 102. The third-order valence-corrected chi connectivity index (χ3v) is 58.2. The molecule has 0 saturated carbocycles. The first-order valence-electron chi connectivity index (χ1n) is 51.2. The molecule has 42 nitrogen and oxygen atoms in total. The lowest BCUT2D eigenvalue weighted by Gasteiger charge is -2.53. The normalized spacial score (nSPS) is 32.2. The van der Waals surface area contributed by atoms with Gasteiger partial charge in [-0.3, -0.25) is 52.7 Å². The van der Waals surface area contributed by atoms with Crippen LogP contribution in [-0.2, 0) is 193 Å². The van der Waals surface area contributed by atoms with E-state index in [9.17, 15) is 52.7 Å². The van der Waals surface area contributed by atoms with Crippen LogP contribution in [0.25, 0.3) is 0 Å². The van der Waals surface area contributed by atoms with Crippen LogP contribution in [0.1, 0.15) is 207 Å². The fourth-order valence-electron chi connectivity index (χ4n) is 16.0. The number of ether oxygens (including phenoxy) is 24. The molecular formula is C99H177NO41SSi6. The molecule has 854 valence electrons. The third-order valence-electron chi connectivity index (χ3n) is 30.1. The number of carbonyl (C=O) groups is 11. The molecule has 12 bridgehead atoms. The van der Waals surface area contributed by atoms with Crippen molar-refractivity contribution in [3.63, 3.8) is 0 Å². The molecule has 22 aliphatic rings. The molecule has 0 aromatic rings. The highest BCUT2D eigenvalue weighted by atomic mass is 32.2. The Morgan fingerprint density at radius 3 is 0.507 bits per heavy atom. The van der Waals surface area contributed by atoms with Gasteiger partial charge in [0.2, 0.25) is 0 Å². The summed E-state index contributed by atoms with van der Waals surface area (Å²) in [6.45, 7) is 67.8. The Morgan fingerprint density at radius 1 is 0.223 bits per heavy atom. The van der Waals surface area contributed by atoms with E-state index in [1.807, 2.05) is 203 Å². The Labute approximate surface area is 885 Å². The highest BCUT2D eigenvalue weighted by molar-refractivity contribution is 7.99. The van der Waals surface area contributed by atoms with Crippen molar-refractivity contribution in [2.45, 2.75) is 500 Å². The largest absolute Gasteiger partial charge is 0.457 e. The molecule has 22 rings (SSSR count). The van der Waals surface area contributed by atoms with Crippen LogP contribution in [0.5, 0.6) is 0 Å². The topological polar surface area (TPSA) is 491 Å². The van der Waals surface area contributed by atoms with Crippen LogP contribution in [0.2, 0.25) is 109 Å². The zero-order valence-electron chi connectivity index (χ0n) is 95.3. The van der Waals surface area contributed by atoms with E-state index in [0.717, 1.165) is 76.2 Å². The van der Waals surface area contributed by atoms with E-state index in [1.165, 1.54) is 11.8 Å². The predicted octanol–water partition coefficient (Wildman–Crippen LogP) is 12.5. The summed E-state index contributed by atoms with van der Waals surface area (Å²) >= 11 is 1.52. The number of carbonyl (C=O) groups excluding carboxylic acids is 11. The highest BCUT2D eigenvalue weighted by Crippen LogP contribution is 2.50. The Hall–Kier alpha value is -4.98. The van der Waals surface area contributed by atoms with Crippen LogP contribution in [0, 0.1) is 0 Å². The molecule has 0 radical (unpaired) electrons. The molecular weight excluding hydrogens is 2060 g/mol. The minimum absolute atomic E-state index is 0.168. The second kappa shape index (κ2) is 52.5. The van der Waals surface area contributed by atoms with Crippen molar-refractivity contribution in [3.05, 3.63) is 0 Å². The summed E-state index contributed by atoms with van der Waals surface area (Å²) in [5.74, 6) is -10.3. The minimum Gasteiger partial charge on any atom is -0.457 e. The van der Waals surface area contributed by atoms with E-state index < -0.39 is 370 Å². The number of rotatable bonds is 36. The van der Waals surface area contributed by atoms with Gasteiger partial charge in [0.1, 0.15) is 79.4 Å². The van der Waals surface area contributed by atoms with Gasteiger partial charge in [0, 0.05) is 95.1 Å². The molecule has 49 heteroatoms. The van der Waals surface area contributed by atoms with E-state index in [0.29, 0.717) is 18.1 Å². The van der Waals surface area contributed by atoms with Crippen LogP contribution in [-0.4, -0.2) is 364 Å². The fourth-order valence-corrected chi connectivity index (χ4v) is 22.7. The predicted molar refractivity (Wildman–Crippen MR) is 552 cm³/mol. The van der Waals surface area contributed by atoms with Crippen LogP contribution in [0.15, 0.2) is 0 Å². The average molecular weight is 2240 g/mol. The Morgan fingerprint density at radius 2 is 0.365 bits per heavy atom. The first-order valence-corrected chi connectivity index (χ1v) is 69.8. The Kier molecular flexibility index (Phi) is 46.0. The monoisotopic (exact) mass is 2240 g/mol. The molecule has 2 N–H and O–H groups in total. The van der Waals surface area contributed by atoms with Crippen molar-refractivity contribution >= 4 is 127 Å². The first kappa shape index (κ1) is 130. The van der Waals surface area contributed by atoms with Gasteiger partial charge in [-0.25, -0.2) is 0 Å². The number of thioether (sulfide) groups is 1. The lowest BCUT2D eigenvalue weighted by Crippen LogP contribution is -2.71. The second-order valence-corrected chi connectivity index (χ2v) is 78.3. The SMILES string of the molecule is CC(=O)O[C@@H]1[C@@H](OC(C)=O)[C@H]2O[C@H]3[C@H](OC(C)=O)[C@@H](OC(C)=O)[C@@H](O[C@H]4[C@H](OC(C)=O)[C@@H](OCCCSCCN)[C@@H](O[C@@H]5[C@@H](OC(C)=O)[C@H](OC(C)=O)[C@H](O[C@@H]6[C@@H](OC(C)=O)[C@H](OC(C)=O)[C@H](O[C@@H]7[C@@H](OC(C)=O)[C@H](OC(C)=O)[C@H](O[C@@H]1[C@@H](CO[Si](C)(C)C(C)(C)C)O2)O[C@H]7CO[Si](C)(C)C(C)(C)C)O[C@H]6CO[Si](C)(C)C(C)(C)C)O[C@H]5CO[Si](C)(C)C(C)(C)C)O[C@@H]4CO[Si](C)(C)C(C)(C)C)O[C@@H]3CO[Si](C)(C)C(C)(C)C. The first-order chi connectivity index (χ1) is 67.7. The Bertz CT molecular complexity index is 4290. The van der Waals surface area contributed by atoms with E-state index >= 15 is 0 Å². The van der Waals surface area contributed by atoms with Crippen molar-refractivity contribution in [2.24, 2.45) is 5.73 Å². The third kappa shape index (κ3) is 35.0. The van der Waals surface area contributed by atoms with Gasteiger partial charge in [-0.1, -0.05) is 125 Å². The zero-order chi connectivity index (χ0) is 112. The molecule has 22 aliphatic heterocycles. The highest BCUT2D eigenvalue weighted by Gasteiger charge is 2.67. The van der Waals surface area contributed by atoms with Gasteiger partial charge in [0.25, 0.3) is 0 Å². The van der Waals surface area contributed by atoms with Crippen LogP contribution in [0.3, 0.4) is 0 Å². The maximum Gasteiger partial charge on any atom is 0.303 e. The van der Waals surface area contributed by atoms with Crippen LogP contribution >= 0.6 is 11.8 Å². The summed E-state index contributed by atoms with van der Waals surface area (Å²) in [5.41, 5.74) is 6.04. The molecule has 0 spiro atoms. The summed E-state index contributed by atoms with van der Waals surface area (Å²) in [7, 11) is -18.5. The molecule has 0 amide bonds. The van der Waals surface area contributed by atoms with Crippen molar-refractivity contribution < 1.29 is 193 Å². The number of nitrogens with two attached hydrogens (primary N) is 1. The molecule has 0 unspecified atom stereocenters. The van der Waals surface area contributed by atoms with E-state index in [1.54, 1.807) is 0 Å². The van der Waals surface area contributed by atoms with Crippen molar-refractivity contribution in [1.29, 1.82) is 0 Å². The molecule has 0 aromatic carbocycles. The summed E-state index contributed by atoms with van der Waals surface area (Å²) < 4.78 is 210. The van der Waals surface area contributed by atoms with Gasteiger partial charge in [0.15, 0.2) is 155 Å². The lowest BCUT2D eigenvalue weighted by molar-refractivity contribution is -0.404. The molecule has 148 heavy (non-hydrogen) atoms. The number of hydrogen-bond donors (Lipinski definition) is 1. The quantitative estimate of drug-likeness (QED) is 0.0263. The molecule has 22 heterocycles. The van der Waals surface area contributed by atoms with Gasteiger partial charge in [-0.2, -0.15) is 11.8 Å². The van der Waals surface area contributed by atoms with Crippen molar-refractivity contribution in [3.8, 4) is 0 Å². The summed E-state index contributed by atoms with van der Waals surface area (Å²) in [5, 5.41) is -3.43. The van der Waals surface area contributed by atoms with E-state index in [4.69, 9.17) is 146 Å². The molecule has 22 saturated heterocycles. The maximum atomic E-state index is 14.7. The summed E-state index contributed by atoms with van der Waals surface area (Å²) in [6.07, 6.45) is -56.9. The fraction of sp³-hybridized carbons (Fsp3) is 0.889. The Balaban J connectivity index is 1.78. The van der Waals surface area contributed by atoms with Gasteiger partial charge in [0.05, 0.1) is 39.6 Å². The summed E-state index contributed by atoms with van der Waals surface area (Å²) in [6, 6.07) is 0. The number of hydrogen-bond acceptors (Lipinski definition) is 43. The average Bonchev–Trinajstić information content (AvgIpc) is 0.736. The number of esters is 11. The molecule has 0 aromatic heterocycles. The van der Waals surface area contributed by atoms with Gasteiger partial charge in [-0.05, 0) is 121 Å². The van der Waals surface area contributed by atoms with Crippen LogP contribution < -0.4 is 5.73 Å². The van der Waals surface area contributed by atoms with Gasteiger partial charge in [-0.15, -0.1) is 0 Å². The van der Waals surface area contributed by atoms with E-state index in [2.05, 4.69) is 0 Å². The summed E-state index contributed by atoms with van der Waals surface area (Å²) in [4.78, 5) is 160. The molecule has 22 fully saturated rings. The van der Waals surface area contributed by atoms with E-state index in [-0.39, 0.29) is 13.0 Å². The molecule has 0 aliphatic carbocycles. The standard InChI is InChI=1S/C99H177NO41SSi6/c1-53(101)119-76-70-64(47-113-143(30,31)94(12,13)14)130-88(82(76)112-44-42-45-142-46-43-100)136-71-65(48-114-144(32,33)95(15,16)17)131-90(83(125-59(7)107)77(71)120-54(2)102)138-73-67(50-116-146(36,37)97(21,22)23)133-92(85(127-61(9)109)79(73)122-56(4)104)140-75-69(52-118-148(40,41)99(27,28)29)135-93(87(129-63(11)111)81(75)124-58(6)106)141-74-68(51-117-147(38,39)98(24,25)26)134-91(86(128-62(10)110)80(74)123-57(5)105)139-72-66(49-115-145(34,35)96(18,19)20)132-89(137-70)84(126-60(8)108)78(72)121-55(3)103/h64-93H,42-52,100H2,1-41H3/t64-,65+,66-,67+,68-,69+,70-,71+,72-,73+,74-,75+,76+,77-,78+,79-,80+,81-,82-,83+,84-,85+,86-,87+,88-,89-,90+,91-,92+,93+/m1/s1. The van der Waals surface area contributed by atoms with Gasteiger partial charge < -0.3 is 146 Å². The second-order valence-electron chi connectivity index (χ2n) is 48.2. The smallest absolute Gasteiger partial charge is 0.303 e. The van der Waals surface area contributed by atoms with Crippen LogP contribution in [0.4, 0.5) is 0 Å². The molecule has 30 atom stereocenters. The van der Waals surface area contributed by atoms with Crippen molar-refractivity contribution in [1.82, 2.24) is 0 Å². The minimum atomic E-state index is -3.09. The van der Waals surface area contributed by atoms with Crippen molar-refractivity contribution in [2.75, 3.05) is 64.3 Å².